The molecule has 2 rings (SSSR count). The zero-order valence-corrected chi connectivity index (χ0v) is 13.3. The Hall–Kier alpha value is -1.31. The lowest BCUT2D eigenvalue weighted by Crippen LogP contribution is -2.36. The third kappa shape index (κ3) is 4.33. The number of hydrogen-bond acceptors (Lipinski definition) is 5. The molecule has 118 valence electrons. The van der Waals surface area contributed by atoms with E-state index >= 15 is 0 Å². The SMILES string of the molecule is CNCC(C)S(=O)(=O)Nc1ccc(N2CCOCC2)cc1. The summed E-state index contributed by atoms with van der Waals surface area (Å²) < 4.78 is 32.1. The number of nitrogens with zero attached hydrogens (tertiary/aromatic N) is 1. The van der Waals surface area contributed by atoms with E-state index in [2.05, 4.69) is 14.9 Å². The highest BCUT2D eigenvalue weighted by atomic mass is 32.2. The van der Waals surface area contributed by atoms with E-state index in [1.165, 1.54) is 0 Å². The van der Waals surface area contributed by atoms with Gasteiger partial charge in [-0.15, -0.1) is 0 Å². The molecule has 1 unspecified atom stereocenters. The summed E-state index contributed by atoms with van der Waals surface area (Å²) in [5.41, 5.74) is 1.68. The van der Waals surface area contributed by atoms with Crippen molar-refractivity contribution in [1.29, 1.82) is 0 Å². The molecule has 1 aliphatic heterocycles. The molecule has 6 nitrogen and oxygen atoms in total. The monoisotopic (exact) mass is 313 g/mol. The number of rotatable bonds is 6. The molecule has 7 heteroatoms. The Kier molecular flexibility index (Phi) is 5.44. The molecule has 0 amide bonds. The standard InChI is InChI=1S/C14H23N3O3S/c1-12(11-15-2)21(18,19)16-13-3-5-14(6-4-13)17-7-9-20-10-8-17/h3-6,12,15-16H,7-11H2,1-2H3. The maximum Gasteiger partial charge on any atom is 0.236 e. The lowest BCUT2D eigenvalue weighted by atomic mass is 10.2. The molecule has 1 fully saturated rings. The van der Waals surface area contributed by atoms with Crippen LogP contribution >= 0.6 is 0 Å². The van der Waals surface area contributed by atoms with Crippen molar-refractivity contribution in [2.45, 2.75) is 12.2 Å². The molecule has 0 aliphatic carbocycles. The van der Waals surface area contributed by atoms with Gasteiger partial charge in [-0.25, -0.2) is 8.42 Å². The zero-order chi connectivity index (χ0) is 15.3. The first-order valence-corrected chi connectivity index (χ1v) is 8.66. The van der Waals surface area contributed by atoms with E-state index in [4.69, 9.17) is 4.74 Å². The number of ether oxygens (including phenoxy) is 1. The molecule has 1 heterocycles. The van der Waals surface area contributed by atoms with Crippen LogP contribution in [0.25, 0.3) is 0 Å². The van der Waals surface area contributed by atoms with Crippen LogP contribution in [-0.2, 0) is 14.8 Å². The van der Waals surface area contributed by atoms with Crippen LogP contribution in [0, 0.1) is 0 Å². The van der Waals surface area contributed by atoms with Crippen molar-refractivity contribution in [3.63, 3.8) is 0 Å². The van der Waals surface area contributed by atoms with Crippen LogP contribution in [0.4, 0.5) is 11.4 Å². The smallest absolute Gasteiger partial charge is 0.236 e. The van der Waals surface area contributed by atoms with Crippen molar-refractivity contribution in [2.24, 2.45) is 0 Å². The molecule has 0 saturated carbocycles. The minimum atomic E-state index is -3.36. The van der Waals surface area contributed by atoms with Crippen LogP contribution in [0.1, 0.15) is 6.92 Å². The van der Waals surface area contributed by atoms with E-state index in [0.29, 0.717) is 12.2 Å². The average molecular weight is 313 g/mol. The van der Waals surface area contributed by atoms with Gasteiger partial charge in [0.1, 0.15) is 0 Å². The number of morpholine rings is 1. The molecule has 1 aliphatic rings. The van der Waals surface area contributed by atoms with E-state index in [1.54, 1.807) is 26.1 Å². The molecule has 0 bridgehead atoms. The number of anilines is 2. The van der Waals surface area contributed by atoms with Crippen LogP contribution in [0.15, 0.2) is 24.3 Å². The Bertz CT molecular complexity index is 539. The first kappa shape index (κ1) is 16.1. The summed E-state index contributed by atoms with van der Waals surface area (Å²) in [4.78, 5) is 2.23. The topological polar surface area (TPSA) is 70.7 Å². The Balaban J connectivity index is 2.02. The van der Waals surface area contributed by atoms with Crippen molar-refractivity contribution in [2.75, 3.05) is 49.5 Å². The maximum atomic E-state index is 12.1. The highest BCUT2D eigenvalue weighted by molar-refractivity contribution is 7.93. The second kappa shape index (κ2) is 7.11. The van der Waals surface area contributed by atoms with Gasteiger partial charge < -0.3 is 15.0 Å². The fraction of sp³-hybridized carbons (Fsp3) is 0.571. The highest BCUT2D eigenvalue weighted by Crippen LogP contribution is 2.20. The van der Waals surface area contributed by atoms with E-state index < -0.39 is 15.3 Å². The minimum absolute atomic E-state index is 0.418. The molecule has 0 aromatic heterocycles. The summed E-state index contributed by atoms with van der Waals surface area (Å²) >= 11 is 0. The van der Waals surface area contributed by atoms with E-state index in [9.17, 15) is 8.42 Å². The van der Waals surface area contributed by atoms with Gasteiger partial charge in [-0.1, -0.05) is 0 Å². The van der Waals surface area contributed by atoms with Gasteiger partial charge in [0, 0.05) is 31.0 Å². The molecule has 0 radical (unpaired) electrons. The van der Waals surface area contributed by atoms with Crippen LogP contribution in [0.5, 0.6) is 0 Å². The maximum absolute atomic E-state index is 12.1. The van der Waals surface area contributed by atoms with Gasteiger partial charge in [0.05, 0.1) is 18.5 Å². The van der Waals surface area contributed by atoms with Crippen molar-refractivity contribution in [1.82, 2.24) is 5.32 Å². The Morgan fingerprint density at radius 3 is 2.43 bits per heavy atom. The third-order valence-corrected chi connectivity index (χ3v) is 5.27. The molecular weight excluding hydrogens is 290 g/mol. The van der Waals surface area contributed by atoms with Gasteiger partial charge in [0.2, 0.25) is 10.0 Å². The summed E-state index contributed by atoms with van der Waals surface area (Å²) in [7, 11) is -1.62. The van der Waals surface area contributed by atoms with Gasteiger partial charge in [0.15, 0.2) is 0 Å². The molecule has 2 N–H and O–H groups in total. The zero-order valence-electron chi connectivity index (χ0n) is 12.5. The summed E-state index contributed by atoms with van der Waals surface area (Å²) in [5.74, 6) is 0. The summed E-state index contributed by atoms with van der Waals surface area (Å²) in [5, 5.41) is 2.39. The molecule has 0 spiro atoms. The van der Waals surface area contributed by atoms with Crippen molar-refractivity contribution in [3.8, 4) is 0 Å². The third-order valence-electron chi connectivity index (χ3n) is 3.52. The predicted molar refractivity (Wildman–Crippen MR) is 85.4 cm³/mol. The molecule has 1 aromatic rings. The number of nitrogens with one attached hydrogen (secondary N) is 2. The minimum Gasteiger partial charge on any atom is -0.378 e. The van der Waals surface area contributed by atoms with Crippen molar-refractivity contribution >= 4 is 21.4 Å². The van der Waals surface area contributed by atoms with Crippen LogP contribution in [-0.4, -0.2) is 53.6 Å². The Morgan fingerprint density at radius 2 is 1.86 bits per heavy atom. The second-order valence-electron chi connectivity index (χ2n) is 5.16. The average Bonchev–Trinajstić information content (AvgIpc) is 2.49. The summed E-state index contributed by atoms with van der Waals surface area (Å²) in [6, 6.07) is 7.47. The molecular formula is C14H23N3O3S. The second-order valence-corrected chi connectivity index (χ2v) is 7.26. The molecule has 1 atom stereocenters. The van der Waals surface area contributed by atoms with E-state index in [0.717, 1.165) is 32.0 Å². The first-order valence-electron chi connectivity index (χ1n) is 7.12. The van der Waals surface area contributed by atoms with Gasteiger partial charge in [-0.3, -0.25) is 4.72 Å². The van der Waals surface area contributed by atoms with Crippen molar-refractivity contribution < 1.29 is 13.2 Å². The van der Waals surface area contributed by atoms with Gasteiger partial charge in [0.25, 0.3) is 0 Å². The number of sulfonamides is 1. The fourth-order valence-electron chi connectivity index (χ4n) is 2.22. The molecule has 1 aromatic carbocycles. The van der Waals surface area contributed by atoms with Crippen LogP contribution < -0.4 is 14.9 Å². The van der Waals surface area contributed by atoms with E-state index in [1.807, 2.05) is 12.1 Å². The van der Waals surface area contributed by atoms with Gasteiger partial charge >= 0.3 is 0 Å². The predicted octanol–water partition coefficient (Wildman–Crippen LogP) is 0.873. The quantitative estimate of drug-likeness (QED) is 0.815. The number of benzene rings is 1. The number of hydrogen-bond donors (Lipinski definition) is 2. The van der Waals surface area contributed by atoms with Crippen molar-refractivity contribution in [3.05, 3.63) is 24.3 Å². The normalized spacial score (nSPS) is 17.5. The highest BCUT2D eigenvalue weighted by Gasteiger charge is 2.20. The molecule has 21 heavy (non-hydrogen) atoms. The lowest BCUT2D eigenvalue weighted by Gasteiger charge is -2.29. The summed E-state index contributed by atoms with van der Waals surface area (Å²) in [6.07, 6.45) is 0. The van der Waals surface area contributed by atoms with E-state index in [-0.39, 0.29) is 0 Å². The summed E-state index contributed by atoms with van der Waals surface area (Å²) in [6.45, 7) is 5.29. The Labute approximate surface area is 126 Å². The van der Waals surface area contributed by atoms with Gasteiger partial charge in [-0.05, 0) is 38.2 Å². The van der Waals surface area contributed by atoms with Gasteiger partial charge in [-0.2, -0.15) is 0 Å². The lowest BCUT2D eigenvalue weighted by molar-refractivity contribution is 0.122. The Morgan fingerprint density at radius 1 is 1.24 bits per heavy atom. The first-order chi connectivity index (χ1) is 10.0. The van der Waals surface area contributed by atoms with Crippen LogP contribution in [0.3, 0.4) is 0 Å². The molecule has 1 saturated heterocycles. The fourth-order valence-corrected chi connectivity index (χ4v) is 3.28. The largest absolute Gasteiger partial charge is 0.378 e. The van der Waals surface area contributed by atoms with Crippen LogP contribution in [0.2, 0.25) is 0 Å².